The summed E-state index contributed by atoms with van der Waals surface area (Å²) in [6.45, 7) is 5.51. The molecule has 27 heavy (non-hydrogen) atoms. The third-order valence-electron chi connectivity index (χ3n) is 5.48. The van der Waals surface area contributed by atoms with Crippen molar-refractivity contribution in [2.24, 2.45) is 0 Å². The Bertz CT molecular complexity index is 667. The van der Waals surface area contributed by atoms with E-state index in [1.54, 1.807) is 18.7 Å². The van der Waals surface area contributed by atoms with Gasteiger partial charge in [-0.05, 0) is 30.4 Å². The molecule has 2 amide bonds. The van der Waals surface area contributed by atoms with Crippen molar-refractivity contribution in [3.8, 4) is 0 Å². The van der Waals surface area contributed by atoms with Gasteiger partial charge in [-0.1, -0.05) is 12.1 Å². The number of aliphatic hydroxyl groups is 1. The molecular formula is C20H29N3O3S. The normalized spacial score (nSPS) is 23.7. The van der Waals surface area contributed by atoms with Gasteiger partial charge in [0.2, 0.25) is 11.8 Å². The van der Waals surface area contributed by atoms with E-state index in [1.165, 1.54) is 4.90 Å². The summed E-state index contributed by atoms with van der Waals surface area (Å²) in [5.41, 5.74) is 1.02. The van der Waals surface area contributed by atoms with E-state index >= 15 is 0 Å². The van der Waals surface area contributed by atoms with Crippen LogP contribution < -0.4 is 0 Å². The van der Waals surface area contributed by atoms with E-state index in [0.29, 0.717) is 39.1 Å². The fourth-order valence-electron chi connectivity index (χ4n) is 3.92. The lowest BCUT2D eigenvalue weighted by Crippen LogP contribution is -2.59. The van der Waals surface area contributed by atoms with Crippen molar-refractivity contribution in [2.45, 2.75) is 36.8 Å². The Balaban J connectivity index is 1.67. The number of β-amino-alcohol motifs (C(OH)–C–C–N with tert-alkyl or cyclic N) is 1. The van der Waals surface area contributed by atoms with Crippen LogP contribution in [0.2, 0.25) is 0 Å². The molecule has 0 radical (unpaired) electrons. The molecule has 0 saturated carbocycles. The lowest BCUT2D eigenvalue weighted by atomic mass is 10.1. The number of thioether (sulfide) groups is 1. The topological polar surface area (TPSA) is 64.1 Å². The van der Waals surface area contributed by atoms with Gasteiger partial charge in [0.1, 0.15) is 0 Å². The van der Waals surface area contributed by atoms with Crippen LogP contribution in [0, 0.1) is 0 Å². The summed E-state index contributed by atoms with van der Waals surface area (Å²) in [4.78, 5) is 32.0. The van der Waals surface area contributed by atoms with Crippen LogP contribution in [0.1, 0.15) is 18.9 Å². The van der Waals surface area contributed by atoms with Crippen molar-refractivity contribution >= 4 is 23.6 Å². The number of hydrogen-bond donors (Lipinski definition) is 1. The molecule has 3 rings (SSSR count). The summed E-state index contributed by atoms with van der Waals surface area (Å²) in [6.07, 6.45) is 2.91. The standard InChI is InChI=1S/C20H29N3O3S/c1-15(24)22-9-10-23(17(13-22)12-21-8-7-18(25)14-21)20(26)11-16-3-5-19(27-2)6-4-16/h3-6,17-18,25H,7-14H2,1-2H3/t17-,18-/m0/s1. The van der Waals surface area contributed by atoms with Gasteiger partial charge < -0.3 is 14.9 Å². The summed E-state index contributed by atoms with van der Waals surface area (Å²) in [7, 11) is 0. The van der Waals surface area contributed by atoms with E-state index in [2.05, 4.69) is 4.90 Å². The predicted octanol–water partition coefficient (Wildman–Crippen LogP) is 1.08. The van der Waals surface area contributed by atoms with E-state index in [-0.39, 0.29) is 24.0 Å². The van der Waals surface area contributed by atoms with Crippen LogP contribution in [-0.2, 0) is 16.0 Å². The van der Waals surface area contributed by atoms with Crippen molar-refractivity contribution in [1.29, 1.82) is 0 Å². The van der Waals surface area contributed by atoms with Crippen molar-refractivity contribution < 1.29 is 14.7 Å². The number of nitrogens with zero attached hydrogens (tertiary/aromatic N) is 3. The molecule has 7 heteroatoms. The van der Waals surface area contributed by atoms with E-state index in [0.717, 1.165) is 18.5 Å². The first kappa shape index (κ1) is 20.2. The van der Waals surface area contributed by atoms with E-state index in [4.69, 9.17) is 0 Å². The number of piperazine rings is 1. The molecule has 0 aromatic heterocycles. The molecule has 2 saturated heterocycles. The number of amides is 2. The van der Waals surface area contributed by atoms with Crippen LogP contribution >= 0.6 is 11.8 Å². The quantitative estimate of drug-likeness (QED) is 0.761. The van der Waals surface area contributed by atoms with Gasteiger partial charge in [-0.25, -0.2) is 0 Å². The maximum atomic E-state index is 13.0. The number of rotatable bonds is 5. The lowest BCUT2D eigenvalue weighted by molar-refractivity contribution is -0.142. The largest absolute Gasteiger partial charge is 0.392 e. The maximum Gasteiger partial charge on any atom is 0.227 e. The molecule has 6 nitrogen and oxygen atoms in total. The zero-order valence-electron chi connectivity index (χ0n) is 16.1. The first-order valence-electron chi connectivity index (χ1n) is 9.54. The Morgan fingerprint density at radius 1 is 1.15 bits per heavy atom. The minimum atomic E-state index is -0.281. The Morgan fingerprint density at radius 2 is 1.89 bits per heavy atom. The summed E-state index contributed by atoms with van der Waals surface area (Å²) in [6, 6.07) is 8.10. The molecule has 1 aromatic rings. The SMILES string of the molecule is CSc1ccc(CC(=O)N2CCN(C(C)=O)C[C@@H]2CN2CC[C@H](O)C2)cc1. The van der Waals surface area contributed by atoms with Gasteiger partial charge in [0.25, 0.3) is 0 Å². The molecule has 2 aliphatic heterocycles. The molecule has 2 aliphatic rings. The highest BCUT2D eigenvalue weighted by atomic mass is 32.2. The summed E-state index contributed by atoms with van der Waals surface area (Å²) in [5, 5.41) is 9.79. The van der Waals surface area contributed by atoms with Crippen LogP contribution in [0.5, 0.6) is 0 Å². The molecule has 2 fully saturated rings. The number of benzene rings is 1. The fraction of sp³-hybridized carbons (Fsp3) is 0.600. The highest BCUT2D eigenvalue weighted by Crippen LogP contribution is 2.19. The van der Waals surface area contributed by atoms with Gasteiger partial charge in [0.15, 0.2) is 0 Å². The summed E-state index contributed by atoms with van der Waals surface area (Å²) >= 11 is 1.69. The molecule has 0 unspecified atom stereocenters. The van der Waals surface area contributed by atoms with Crippen LogP contribution in [-0.4, -0.2) is 89.3 Å². The third kappa shape index (κ3) is 5.24. The van der Waals surface area contributed by atoms with Crippen molar-refractivity contribution in [1.82, 2.24) is 14.7 Å². The fourth-order valence-corrected chi connectivity index (χ4v) is 4.33. The van der Waals surface area contributed by atoms with Gasteiger partial charge >= 0.3 is 0 Å². The molecule has 1 aromatic carbocycles. The van der Waals surface area contributed by atoms with Gasteiger partial charge in [-0.3, -0.25) is 14.5 Å². The summed E-state index contributed by atoms with van der Waals surface area (Å²) < 4.78 is 0. The molecule has 0 aliphatic carbocycles. The number of carbonyl (C=O) groups is 2. The number of aliphatic hydroxyl groups excluding tert-OH is 1. The zero-order chi connectivity index (χ0) is 19.4. The van der Waals surface area contributed by atoms with Crippen LogP contribution in [0.15, 0.2) is 29.2 Å². The molecule has 2 atom stereocenters. The Labute approximate surface area is 165 Å². The van der Waals surface area contributed by atoms with Crippen molar-refractivity contribution in [3.63, 3.8) is 0 Å². The molecule has 0 bridgehead atoms. The second kappa shape index (κ2) is 9.08. The molecule has 2 heterocycles. The van der Waals surface area contributed by atoms with Crippen molar-refractivity contribution in [2.75, 3.05) is 45.5 Å². The second-order valence-corrected chi connectivity index (χ2v) is 8.31. The minimum Gasteiger partial charge on any atom is -0.392 e. The molecule has 0 spiro atoms. The van der Waals surface area contributed by atoms with E-state index in [9.17, 15) is 14.7 Å². The third-order valence-corrected chi connectivity index (χ3v) is 6.22. The average Bonchev–Trinajstić information content (AvgIpc) is 3.07. The number of hydrogen-bond acceptors (Lipinski definition) is 5. The van der Waals surface area contributed by atoms with Gasteiger partial charge in [0.05, 0.1) is 18.6 Å². The Hall–Kier alpha value is -1.57. The van der Waals surface area contributed by atoms with E-state index in [1.807, 2.05) is 40.3 Å². The average molecular weight is 392 g/mol. The minimum absolute atomic E-state index is 0.0223. The van der Waals surface area contributed by atoms with Crippen LogP contribution in [0.3, 0.4) is 0 Å². The first-order chi connectivity index (χ1) is 13.0. The first-order valence-corrected chi connectivity index (χ1v) is 10.8. The summed E-state index contributed by atoms with van der Waals surface area (Å²) in [5.74, 6) is 0.168. The molecule has 1 N–H and O–H groups in total. The van der Waals surface area contributed by atoms with Crippen LogP contribution in [0.25, 0.3) is 0 Å². The smallest absolute Gasteiger partial charge is 0.227 e. The lowest BCUT2D eigenvalue weighted by Gasteiger charge is -2.42. The van der Waals surface area contributed by atoms with E-state index < -0.39 is 0 Å². The van der Waals surface area contributed by atoms with Gasteiger partial charge in [-0.15, -0.1) is 11.8 Å². The highest BCUT2D eigenvalue weighted by Gasteiger charge is 2.34. The maximum absolute atomic E-state index is 13.0. The van der Waals surface area contributed by atoms with Gasteiger partial charge in [-0.2, -0.15) is 0 Å². The number of carbonyl (C=O) groups excluding carboxylic acids is 2. The van der Waals surface area contributed by atoms with Crippen LogP contribution in [0.4, 0.5) is 0 Å². The number of likely N-dealkylation sites (tertiary alicyclic amines) is 1. The molecular weight excluding hydrogens is 362 g/mol. The molecule has 148 valence electrons. The van der Waals surface area contributed by atoms with Crippen molar-refractivity contribution in [3.05, 3.63) is 29.8 Å². The second-order valence-electron chi connectivity index (χ2n) is 7.43. The predicted molar refractivity (Wildman–Crippen MR) is 107 cm³/mol. The Morgan fingerprint density at radius 3 is 2.48 bits per heavy atom. The zero-order valence-corrected chi connectivity index (χ0v) is 17.0. The monoisotopic (exact) mass is 391 g/mol. The Kier molecular flexibility index (Phi) is 6.78. The highest BCUT2D eigenvalue weighted by molar-refractivity contribution is 7.98. The van der Waals surface area contributed by atoms with Gasteiger partial charge in [0, 0.05) is 51.1 Å².